The molecule has 0 bridgehead atoms. The Morgan fingerprint density at radius 2 is 2.24 bits per heavy atom. The van der Waals surface area contributed by atoms with E-state index in [0.29, 0.717) is 6.04 Å². The smallest absolute Gasteiger partial charge is 0.0408 e. The van der Waals surface area contributed by atoms with Crippen molar-refractivity contribution in [2.24, 2.45) is 0 Å². The number of nitrogens with one attached hydrogen (secondary N) is 1. The lowest BCUT2D eigenvalue weighted by molar-refractivity contribution is 0.199. The Balaban J connectivity index is 0.00000144. The normalized spacial score (nSPS) is 21.0. The third kappa shape index (κ3) is 4.14. The molecule has 1 N–H and O–H groups in total. The van der Waals surface area contributed by atoms with Gasteiger partial charge in [-0.15, -0.1) is 12.4 Å². The summed E-state index contributed by atoms with van der Waals surface area (Å²) in [6, 6.07) is 6.77. The number of hydrogen-bond acceptors (Lipinski definition) is 2. The molecular weight excluding hydrogens is 255 g/mol. The van der Waals surface area contributed by atoms with Crippen LogP contribution in [0, 0.1) is 6.92 Å². The number of hydrogen-bond donors (Lipinski definition) is 1. The molecule has 17 heavy (non-hydrogen) atoms. The summed E-state index contributed by atoms with van der Waals surface area (Å²) in [6.45, 7) is 8.75. The molecule has 1 fully saturated rings. The molecule has 1 aromatic rings. The van der Waals surface area contributed by atoms with Crippen molar-refractivity contribution < 1.29 is 0 Å². The molecule has 2 nitrogen and oxygen atoms in total. The molecule has 2 rings (SSSR count). The van der Waals surface area contributed by atoms with E-state index >= 15 is 0 Å². The minimum Gasteiger partial charge on any atom is -0.312 e. The van der Waals surface area contributed by atoms with Crippen LogP contribution in [0.1, 0.15) is 18.1 Å². The van der Waals surface area contributed by atoms with Gasteiger partial charge in [-0.1, -0.05) is 17.7 Å². The van der Waals surface area contributed by atoms with Crippen molar-refractivity contribution in [2.75, 3.05) is 19.6 Å². The summed E-state index contributed by atoms with van der Waals surface area (Å²) in [5.41, 5.74) is 2.68. The lowest BCUT2D eigenvalue weighted by atomic mass is 10.1. The molecule has 0 aromatic heterocycles. The zero-order chi connectivity index (χ0) is 11.5. The van der Waals surface area contributed by atoms with E-state index in [-0.39, 0.29) is 12.4 Å². The van der Waals surface area contributed by atoms with Crippen molar-refractivity contribution in [1.29, 1.82) is 0 Å². The quantitative estimate of drug-likeness (QED) is 0.892. The number of piperazine rings is 1. The lowest BCUT2D eigenvalue weighted by Gasteiger charge is -2.32. The van der Waals surface area contributed by atoms with Crippen LogP contribution in [0.3, 0.4) is 0 Å². The van der Waals surface area contributed by atoms with E-state index in [1.54, 1.807) is 0 Å². The number of nitrogens with zero attached hydrogens (tertiary/aromatic N) is 1. The summed E-state index contributed by atoms with van der Waals surface area (Å²) in [6.07, 6.45) is 0. The molecule has 0 saturated carbocycles. The molecule has 0 radical (unpaired) electrons. The average Bonchev–Trinajstić information content (AvgIpc) is 2.22. The summed E-state index contributed by atoms with van der Waals surface area (Å²) in [5.74, 6) is 0. The molecule has 1 heterocycles. The van der Waals surface area contributed by atoms with Crippen molar-refractivity contribution >= 4 is 24.0 Å². The first-order valence-corrected chi connectivity index (χ1v) is 6.24. The fourth-order valence-corrected chi connectivity index (χ4v) is 2.46. The van der Waals surface area contributed by atoms with Crippen LogP contribution in [0.15, 0.2) is 18.2 Å². The Morgan fingerprint density at radius 3 is 2.88 bits per heavy atom. The highest BCUT2D eigenvalue weighted by Gasteiger charge is 2.15. The standard InChI is InChI=1S/C13H19ClN2.ClH/c1-10-7-13(14)4-3-12(10)9-16-6-5-15-11(2)8-16;/h3-4,7,11,15H,5-6,8-9H2,1-2H3;1H/t11-;/m0./s1. The minimum absolute atomic E-state index is 0. The Kier molecular flexibility index (Phi) is 5.74. The highest BCUT2D eigenvalue weighted by Crippen LogP contribution is 2.17. The molecule has 96 valence electrons. The van der Waals surface area contributed by atoms with E-state index < -0.39 is 0 Å². The van der Waals surface area contributed by atoms with Crippen LogP contribution in [-0.2, 0) is 6.54 Å². The van der Waals surface area contributed by atoms with Crippen molar-refractivity contribution in [3.63, 3.8) is 0 Å². The van der Waals surface area contributed by atoms with Gasteiger partial charge in [0.2, 0.25) is 0 Å². The van der Waals surface area contributed by atoms with Crippen LogP contribution in [0.25, 0.3) is 0 Å². The van der Waals surface area contributed by atoms with Crippen LogP contribution in [-0.4, -0.2) is 30.6 Å². The van der Waals surface area contributed by atoms with Gasteiger partial charge in [-0.25, -0.2) is 0 Å². The molecule has 1 atom stereocenters. The third-order valence-corrected chi connectivity index (χ3v) is 3.39. The van der Waals surface area contributed by atoms with Crippen LogP contribution in [0.5, 0.6) is 0 Å². The molecule has 0 aliphatic carbocycles. The highest BCUT2D eigenvalue weighted by molar-refractivity contribution is 6.30. The van der Waals surface area contributed by atoms with Gasteiger partial charge in [0.1, 0.15) is 0 Å². The first-order chi connectivity index (χ1) is 7.65. The van der Waals surface area contributed by atoms with Crippen molar-refractivity contribution in [1.82, 2.24) is 10.2 Å². The summed E-state index contributed by atoms with van der Waals surface area (Å²) in [4.78, 5) is 2.50. The maximum absolute atomic E-state index is 5.96. The molecule has 0 spiro atoms. The van der Waals surface area contributed by atoms with Gasteiger partial charge in [0.05, 0.1) is 0 Å². The van der Waals surface area contributed by atoms with E-state index in [0.717, 1.165) is 31.2 Å². The number of aryl methyl sites for hydroxylation is 1. The molecule has 4 heteroatoms. The zero-order valence-corrected chi connectivity index (χ0v) is 11.9. The van der Waals surface area contributed by atoms with Gasteiger partial charge in [-0.05, 0) is 37.1 Å². The summed E-state index contributed by atoms with van der Waals surface area (Å²) < 4.78 is 0. The Morgan fingerprint density at radius 1 is 1.47 bits per heavy atom. The number of rotatable bonds is 2. The van der Waals surface area contributed by atoms with E-state index in [1.807, 2.05) is 12.1 Å². The van der Waals surface area contributed by atoms with Gasteiger partial charge in [0.25, 0.3) is 0 Å². The highest BCUT2D eigenvalue weighted by atomic mass is 35.5. The van der Waals surface area contributed by atoms with Crippen LogP contribution >= 0.6 is 24.0 Å². The predicted molar refractivity (Wildman–Crippen MR) is 76.2 cm³/mol. The molecular formula is C13H20Cl2N2. The fraction of sp³-hybridized carbons (Fsp3) is 0.538. The molecule has 0 unspecified atom stereocenters. The first kappa shape index (κ1) is 14.8. The second kappa shape index (κ2) is 6.60. The van der Waals surface area contributed by atoms with Gasteiger partial charge in [0.15, 0.2) is 0 Å². The summed E-state index contributed by atoms with van der Waals surface area (Å²) >= 11 is 5.96. The maximum atomic E-state index is 5.96. The largest absolute Gasteiger partial charge is 0.312 e. The van der Waals surface area contributed by atoms with Crippen LogP contribution in [0.4, 0.5) is 0 Å². The van der Waals surface area contributed by atoms with Gasteiger partial charge in [-0.3, -0.25) is 4.90 Å². The second-order valence-electron chi connectivity index (χ2n) is 4.66. The Bertz CT molecular complexity index is 368. The zero-order valence-electron chi connectivity index (χ0n) is 10.4. The molecule has 1 saturated heterocycles. The van der Waals surface area contributed by atoms with Crippen LogP contribution in [0.2, 0.25) is 5.02 Å². The topological polar surface area (TPSA) is 15.3 Å². The summed E-state index contributed by atoms with van der Waals surface area (Å²) in [5, 5.41) is 4.29. The minimum atomic E-state index is 0. The van der Waals surface area contributed by atoms with E-state index in [4.69, 9.17) is 11.6 Å². The van der Waals surface area contributed by atoms with Crippen LogP contribution < -0.4 is 5.32 Å². The van der Waals surface area contributed by atoms with E-state index in [9.17, 15) is 0 Å². The number of benzene rings is 1. The lowest BCUT2D eigenvalue weighted by Crippen LogP contribution is -2.48. The van der Waals surface area contributed by atoms with E-state index in [1.165, 1.54) is 11.1 Å². The molecule has 1 aliphatic heterocycles. The third-order valence-electron chi connectivity index (χ3n) is 3.15. The van der Waals surface area contributed by atoms with Crippen molar-refractivity contribution in [3.8, 4) is 0 Å². The molecule has 1 aliphatic rings. The van der Waals surface area contributed by atoms with Gasteiger partial charge >= 0.3 is 0 Å². The van der Waals surface area contributed by atoms with E-state index in [2.05, 4.69) is 30.1 Å². The molecule has 1 aromatic carbocycles. The second-order valence-corrected chi connectivity index (χ2v) is 5.10. The first-order valence-electron chi connectivity index (χ1n) is 5.86. The Labute approximate surface area is 115 Å². The Hall–Kier alpha value is -0.280. The SMILES string of the molecule is Cc1cc(Cl)ccc1CN1CCN[C@@H](C)C1.Cl. The average molecular weight is 275 g/mol. The predicted octanol–water partition coefficient (Wildman–Crippen LogP) is 2.86. The fourth-order valence-electron chi connectivity index (χ4n) is 2.23. The number of halogens is 2. The van der Waals surface area contributed by atoms with Gasteiger partial charge in [-0.2, -0.15) is 0 Å². The van der Waals surface area contributed by atoms with Crippen molar-refractivity contribution in [3.05, 3.63) is 34.3 Å². The van der Waals surface area contributed by atoms with Gasteiger partial charge in [0, 0.05) is 37.2 Å². The summed E-state index contributed by atoms with van der Waals surface area (Å²) in [7, 11) is 0. The molecule has 0 amide bonds. The van der Waals surface area contributed by atoms with Crippen molar-refractivity contribution in [2.45, 2.75) is 26.4 Å². The monoisotopic (exact) mass is 274 g/mol. The van der Waals surface area contributed by atoms with Gasteiger partial charge < -0.3 is 5.32 Å². The maximum Gasteiger partial charge on any atom is 0.0408 e.